The lowest BCUT2D eigenvalue weighted by Crippen LogP contribution is -2.52. The Morgan fingerprint density at radius 1 is 1.22 bits per heavy atom. The molecule has 4 rings (SSSR count). The summed E-state index contributed by atoms with van der Waals surface area (Å²) < 4.78 is 0. The minimum Gasteiger partial charge on any atom is -0.322 e. The van der Waals surface area contributed by atoms with E-state index >= 15 is 0 Å². The van der Waals surface area contributed by atoms with Gasteiger partial charge in [-0.2, -0.15) is 0 Å². The molecule has 0 spiro atoms. The largest absolute Gasteiger partial charge is 0.322 e. The highest BCUT2D eigenvalue weighted by molar-refractivity contribution is 6.05. The van der Waals surface area contributed by atoms with Gasteiger partial charge in [0.1, 0.15) is 6.04 Å². The van der Waals surface area contributed by atoms with Gasteiger partial charge in [0.2, 0.25) is 11.8 Å². The van der Waals surface area contributed by atoms with E-state index in [4.69, 9.17) is 0 Å². The fourth-order valence-electron chi connectivity index (χ4n) is 4.29. The van der Waals surface area contributed by atoms with Crippen LogP contribution in [0.1, 0.15) is 47.7 Å². The Labute approximate surface area is 158 Å². The summed E-state index contributed by atoms with van der Waals surface area (Å²) in [4.78, 5) is 37.9. The first-order valence-corrected chi connectivity index (χ1v) is 9.72. The van der Waals surface area contributed by atoms with Crippen LogP contribution < -0.4 is 16.0 Å². The Balaban J connectivity index is 1.42. The molecule has 2 fully saturated rings. The van der Waals surface area contributed by atoms with E-state index in [9.17, 15) is 14.4 Å². The lowest BCUT2D eigenvalue weighted by atomic mass is 9.97. The summed E-state index contributed by atoms with van der Waals surface area (Å²) in [5.41, 5.74) is 2.70. The fourth-order valence-corrected chi connectivity index (χ4v) is 4.29. The molecule has 3 amide bonds. The summed E-state index contributed by atoms with van der Waals surface area (Å²) in [6.45, 7) is 5.44. The smallest absolute Gasteiger partial charge is 0.255 e. The number of piperidine rings is 2. The molecule has 3 unspecified atom stereocenters. The number of carbonyl (C=O) groups excluding carboxylic acids is 3. The first kappa shape index (κ1) is 18.1. The average molecular weight is 370 g/mol. The predicted octanol–water partition coefficient (Wildman–Crippen LogP) is 0.535. The molecule has 3 N–H and O–H groups in total. The first-order chi connectivity index (χ1) is 13.0. The molecule has 0 aliphatic carbocycles. The van der Waals surface area contributed by atoms with Gasteiger partial charge in [0.05, 0.1) is 0 Å². The summed E-state index contributed by atoms with van der Waals surface area (Å²) >= 11 is 0. The zero-order valence-electron chi connectivity index (χ0n) is 15.6. The molecule has 3 heterocycles. The Kier molecular flexibility index (Phi) is 4.97. The van der Waals surface area contributed by atoms with Crippen molar-refractivity contribution < 1.29 is 14.4 Å². The van der Waals surface area contributed by atoms with E-state index in [-0.39, 0.29) is 24.1 Å². The van der Waals surface area contributed by atoms with Crippen molar-refractivity contribution in [2.75, 3.05) is 13.1 Å². The maximum atomic E-state index is 12.9. The Bertz CT molecular complexity index is 778. The second-order valence-corrected chi connectivity index (χ2v) is 7.97. The molecule has 1 aromatic carbocycles. The van der Waals surface area contributed by atoms with Crippen molar-refractivity contribution in [2.45, 2.75) is 51.4 Å². The molecule has 0 bridgehead atoms. The van der Waals surface area contributed by atoms with Gasteiger partial charge in [0.25, 0.3) is 5.91 Å². The number of nitrogens with one attached hydrogen (secondary N) is 3. The van der Waals surface area contributed by atoms with Crippen LogP contribution in [-0.4, -0.2) is 47.8 Å². The van der Waals surface area contributed by atoms with E-state index < -0.39 is 6.04 Å². The highest BCUT2D eigenvalue weighted by atomic mass is 16.2. The number of hydrogen-bond acceptors (Lipinski definition) is 5. The van der Waals surface area contributed by atoms with Crippen molar-refractivity contribution in [3.8, 4) is 0 Å². The number of imide groups is 1. The number of rotatable bonds is 4. The summed E-state index contributed by atoms with van der Waals surface area (Å²) in [5.74, 6) is -0.0808. The second-order valence-electron chi connectivity index (χ2n) is 7.97. The summed E-state index contributed by atoms with van der Waals surface area (Å²) in [5, 5.41) is 9.34. The molecule has 7 nitrogen and oxygen atoms in total. The van der Waals surface area contributed by atoms with Gasteiger partial charge in [-0.1, -0.05) is 19.1 Å². The van der Waals surface area contributed by atoms with Gasteiger partial charge >= 0.3 is 0 Å². The number of carbonyl (C=O) groups is 3. The van der Waals surface area contributed by atoms with Gasteiger partial charge < -0.3 is 15.5 Å². The zero-order valence-corrected chi connectivity index (χ0v) is 15.6. The summed E-state index contributed by atoms with van der Waals surface area (Å²) in [7, 11) is 0. The number of nitrogens with zero attached hydrogens (tertiary/aromatic N) is 1. The van der Waals surface area contributed by atoms with Gasteiger partial charge in [-0.05, 0) is 42.5 Å². The van der Waals surface area contributed by atoms with E-state index in [1.54, 1.807) is 4.90 Å². The Morgan fingerprint density at radius 2 is 2.07 bits per heavy atom. The van der Waals surface area contributed by atoms with Gasteiger partial charge in [0.15, 0.2) is 0 Å². The number of fused-ring (bicyclic) bond motifs is 1. The second kappa shape index (κ2) is 7.40. The van der Waals surface area contributed by atoms with Crippen molar-refractivity contribution in [1.29, 1.82) is 0 Å². The topological polar surface area (TPSA) is 90.5 Å². The molecule has 3 aliphatic rings. The molecule has 2 saturated heterocycles. The lowest BCUT2D eigenvalue weighted by molar-refractivity contribution is -0.136. The van der Waals surface area contributed by atoms with Crippen molar-refractivity contribution in [1.82, 2.24) is 20.9 Å². The molecule has 27 heavy (non-hydrogen) atoms. The molecule has 144 valence electrons. The third-order valence-electron chi connectivity index (χ3n) is 5.76. The van der Waals surface area contributed by atoms with E-state index in [1.807, 2.05) is 18.2 Å². The molecule has 3 aliphatic heterocycles. The molecule has 0 radical (unpaired) electrons. The first-order valence-electron chi connectivity index (χ1n) is 9.72. The van der Waals surface area contributed by atoms with Crippen LogP contribution >= 0.6 is 0 Å². The fraction of sp³-hybridized carbons (Fsp3) is 0.550. The number of amides is 3. The molecule has 3 atom stereocenters. The van der Waals surface area contributed by atoms with Crippen LogP contribution in [0.3, 0.4) is 0 Å². The van der Waals surface area contributed by atoms with E-state index in [1.165, 1.54) is 0 Å². The number of hydrogen-bond donors (Lipinski definition) is 3. The predicted molar refractivity (Wildman–Crippen MR) is 99.8 cm³/mol. The summed E-state index contributed by atoms with van der Waals surface area (Å²) in [6.07, 6.45) is 1.82. The third-order valence-corrected chi connectivity index (χ3v) is 5.76. The highest BCUT2D eigenvalue weighted by Crippen LogP contribution is 2.28. The minimum absolute atomic E-state index is 0.116. The molecule has 7 heteroatoms. The van der Waals surface area contributed by atoms with Crippen molar-refractivity contribution in [3.05, 3.63) is 34.9 Å². The molecular weight excluding hydrogens is 344 g/mol. The third kappa shape index (κ3) is 3.75. The molecule has 0 saturated carbocycles. The normalized spacial score (nSPS) is 28.3. The maximum absolute atomic E-state index is 12.9. The summed E-state index contributed by atoms with van der Waals surface area (Å²) in [6, 6.07) is 5.86. The molecule has 1 aromatic rings. The van der Waals surface area contributed by atoms with E-state index in [0.717, 1.165) is 37.2 Å². The van der Waals surface area contributed by atoms with Crippen LogP contribution in [0.4, 0.5) is 0 Å². The van der Waals surface area contributed by atoms with Crippen LogP contribution in [-0.2, 0) is 22.7 Å². The van der Waals surface area contributed by atoms with Gasteiger partial charge in [0, 0.05) is 37.7 Å². The molecule has 0 aromatic heterocycles. The number of benzene rings is 1. The van der Waals surface area contributed by atoms with E-state index in [0.29, 0.717) is 30.5 Å². The molecular formula is C20H26N4O3. The minimum atomic E-state index is -0.557. The van der Waals surface area contributed by atoms with Gasteiger partial charge in [-0.3, -0.25) is 19.7 Å². The van der Waals surface area contributed by atoms with Crippen LogP contribution in [0, 0.1) is 5.92 Å². The van der Waals surface area contributed by atoms with Gasteiger partial charge in [-0.25, -0.2) is 0 Å². The maximum Gasteiger partial charge on any atom is 0.255 e. The van der Waals surface area contributed by atoms with Crippen LogP contribution in [0.15, 0.2) is 18.2 Å². The van der Waals surface area contributed by atoms with Crippen LogP contribution in [0.2, 0.25) is 0 Å². The van der Waals surface area contributed by atoms with Crippen LogP contribution in [0.5, 0.6) is 0 Å². The SMILES string of the molecule is CC1CNCC(NCc2ccc3c(c2)C(=O)N(C2CCC(=O)NC2=O)C3)C1. The van der Waals surface area contributed by atoms with E-state index in [2.05, 4.69) is 22.9 Å². The monoisotopic (exact) mass is 370 g/mol. The zero-order chi connectivity index (χ0) is 19.0. The van der Waals surface area contributed by atoms with Crippen molar-refractivity contribution in [3.63, 3.8) is 0 Å². The quantitative estimate of drug-likeness (QED) is 0.673. The van der Waals surface area contributed by atoms with Crippen molar-refractivity contribution in [2.24, 2.45) is 5.92 Å². The van der Waals surface area contributed by atoms with Gasteiger partial charge in [-0.15, -0.1) is 0 Å². The lowest BCUT2D eigenvalue weighted by Gasteiger charge is -2.29. The average Bonchev–Trinajstić information content (AvgIpc) is 2.96. The Morgan fingerprint density at radius 3 is 2.85 bits per heavy atom. The van der Waals surface area contributed by atoms with Crippen molar-refractivity contribution >= 4 is 17.7 Å². The van der Waals surface area contributed by atoms with Crippen LogP contribution in [0.25, 0.3) is 0 Å². The Hall–Kier alpha value is -2.25. The highest BCUT2D eigenvalue weighted by Gasteiger charge is 2.39. The standard InChI is InChI=1S/C20H26N4O3/c1-12-6-15(10-21-8-12)22-9-13-2-3-14-11-24(20(27)16(14)7-13)17-4-5-18(25)23-19(17)26/h2-3,7,12,15,17,21-22H,4-6,8-11H2,1H3,(H,23,25,26).